The molecule has 1 amide bonds. The highest BCUT2D eigenvalue weighted by Crippen LogP contribution is 2.40. The van der Waals surface area contributed by atoms with Crippen LogP contribution in [0.1, 0.15) is 32.2 Å². The minimum atomic E-state index is -0.785. The molecule has 25 heavy (non-hydrogen) atoms. The number of carbonyl (C=O) groups is 2. The number of furan rings is 1. The smallest absolute Gasteiger partial charge is 0.290 e. The van der Waals surface area contributed by atoms with Gasteiger partial charge < -0.3 is 19.2 Å². The molecule has 7 nitrogen and oxygen atoms in total. The first-order valence-corrected chi connectivity index (χ1v) is 8.52. The van der Waals surface area contributed by atoms with Gasteiger partial charge in [-0.25, -0.2) is 4.98 Å². The Morgan fingerprint density at radius 2 is 2.24 bits per heavy atom. The fraction of sp³-hybridized carbons (Fsp3) is 0.353. The topological polar surface area (TPSA) is 92.9 Å². The Morgan fingerprint density at radius 3 is 2.80 bits per heavy atom. The van der Waals surface area contributed by atoms with Gasteiger partial charge in [-0.15, -0.1) is 11.3 Å². The van der Waals surface area contributed by atoms with Gasteiger partial charge in [0.05, 0.1) is 34.0 Å². The monoisotopic (exact) mass is 362 g/mol. The van der Waals surface area contributed by atoms with Gasteiger partial charge in [-0.05, 0) is 26.0 Å². The van der Waals surface area contributed by atoms with Crippen LogP contribution < -0.4 is 0 Å². The third-order valence-corrected chi connectivity index (χ3v) is 5.08. The molecule has 1 aliphatic heterocycles. The molecule has 3 rings (SSSR count). The van der Waals surface area contributed by atoms with E-state index in [2.05, 4.69) is 4.98 Å². The second-order valence-corrected chi connectivity index (χ2v) is 6.85. The first kappa shape index (κ1) is 17.4. The molecule has 1 N–H and O–H groups in total. The zero-order valence-electron chi connectivity index (χ0n) is 14.1. The van der Waals surface area contributed by atoms with E-state index in [1.54, 1.807) is 26.0 Å². The van der Waals surface area contributed by atoms with Gasteiger partial charge in [0, 0.05) is 13.7 Å². The molecule has 1 unspecified atom stereocenters. The summed E-state index contributed by atoms with van der Waals surface area (Å²) in [5.41, 5.74) is 0.594. The van der Waals surface area contributed by atoms with Gasteiger partial charge in [-0.3, -0.25) is 9.59 Å². The third-order valence-electron chi connectivity index (χ3n) is 4.01. The van der Waals surface area contributed by atoms with Gasteiger partial charge in [-0.2, -0.15) is 0 Å². The van der Waals surface area contributed by atoms with Crippen molar-refractivity contribution in [1.29, 1.82) is 0 Å². The maximum Gasteiger partial charge on any atom is 0.290 e. The van der Waals surface area contributed by atoms with Crippen LogP contribution >= 0.6 is 11.3 Å². The first-order valence-electron chi connectivity index (χ1n) is 7.70. The fourth-order valence-corrected chi connectivity index (χ4v) is 3.79. The summed E-state index contributed by atoms with van der Waals surface area (Å²) in [6.45, 7) is 4.03. The molecule has 0 fully saturated rings. The van der Waals surface area contributed by atoms with Crippen molar-refractivity contribution in [2.75, 3.05) is 20.3 Å². The van der Waals surface area contributed by atoms with Gasteiger partial charge in [0.15, 0.2) is 5.76 Å². The van der Waals surface area contributed by atoms with Gasteiger partial charge >= 0.3 is 0 Å². The van der Waals surface area contributed by atoms with Crippen molar-refractivity contribution in [3.05, 3.63) is 51.1 Å². The first-order chi connectivity index (χ1) is 12.0. The van der Waals surface area contributed by atoms with Crippen LogP contribution in [0.25, 0.3) is 0 Å². The van der Waals surface area contributed by atoms with E-state index in [0.717, 1.165) is 5.01 Å². The number of aromatic nitrogens is 1. The second-order valence-electron chi connectivity index (χ2n) is 5.65. The second kappa shape index (κ2) is 6.81. The van der Waals surface area contributed by atoms with Gasteiger partial charge in [0.2, 0.25) is 5.78 Å². The van der Waals surface area contributed by atoms with Crippen LogP contribution in [0, 0.1) is 13.8 Å². The Bertz CT molecular complexity index is 837. The number of aliphatic hydroxyl groups is 1. The number of methoxy groups -OCH3 is 1. The van der Waals surface area contributed by atoms with Crippen molar-refractivity contribution in [1.82, 2.24) is 9.88 Å². The molecule has 0 saturated carbocycles. The largest absolute Gasteiger partial charge is 0.503 e. The molecule has 1 aliphatic rings. The number of thiazole rings is 1. The summed E-state index contributed by atoms with van der Waals surface area (Å²) in [4.78, 5) is 31.6. The van der Waals surface area contributed by atoms with Crippen LogP contribution in [0.4, 0.5) is 0 Å². The molecule has 0 spiro atoms. The van der Waals surface area contributed by atoms with Crippen LogP contribution in [0.5, 0.6) is 0 Å². The van der Waals surface area contributed by atoms with Crippen LogP contribution in [-0.2, 0) is 9.53 Å². The summed E-state index contributed by atoms with van der Waals surface area (Å²) in [7, 11) is 1.52. The van der Waals surface area contributed by atoms with Crippen molar-refractivity contribution in [2.24, 2.45) is 0 Å². The summed E-state index contributed by atoms with van der Waals surface area (Å²) < 4.78 is 10.5. The Labute approximate surface area is 148 Å². The minimum absolute atomic E-state index is 0.0165. The lowest BCUT2D eigenvalue weighted by molar-refractivity contribution is -0.130. The fourth-order valence-electron chi connectivity index (χ4n) is 2.91. The molecule has 0 aromatic carbocycles. The van der Waals surface area contributed by atoms with Crippen LogP contribution in [0.2, 0.25) is 0 Å². The molecule has 0 saturated heterocycles. The van der Waals surface area contributed by atoms with Crippen molar-refractivity contribution in [3.63, 3.8) is 0 Å². The quantitative estimate of drug-likeness (QED) is 0.794. The van der Waals surface area contributed by atoms with E-state index in [1.807, 2.05) is 0 Å². The average Bonchev–Trinajstić information content (AvgIpc) is 3.26. The molecule has 8 heteroatoms. The summed E-state index contributed by atoms with van der Waals surface area (Å²) in [6.07, 6.45) is 1.47. The molecular formula is C17H18N2O5S. The highest BCUT2D eigenvalue weighted by molar-refractivity contribution is 7.14. The van der Waals surface area contributed by atoms with Gasteiger partial charge in [0.1, 0.15) is 11.8 Å². The lowest BCUT2D eigenvalue weighted by Gasteiger charge is -2.24. The lowest BCUT2D eigenvalue weighted by atomic mass is 9.99. The Hall–Kier alpha value is -2.45. The predicted molar refractivity (Wildman–Crippen MR) is 90.6 cm³/mol. The summed E-state index contributed by atoms with van der Waals surface area (Å²) in [5.74, 6) is -1.15. The zero-order valence-corrected chi connectivity index (χ0v) is 14.9. The maximum atomic E-state index is 13.1. The number of amides is 1. The van der Waals surface area contributed by atoms with Gasteiger partial charge in [0.25, 0.3) is 5.91 Å². The maximum absolute atomic E-state index is 13.1. The number of rotatable bonds is 6. The number of ketones is 1. The Morgan fingerprint density at radius 1 is 1.48 bits per heavy atom. The molecule has 132 valence electrons. The van der Waals surface area contributed by atoms with Crippen molar-refractivity contribution in [2.45, 2.75) is 19.9 Å². The number of hydrogen-bond acceptors (Lipinski definition) is 7. The number of aryl methyl sites for hydroxylation is 2. The molecule has 1 atom stereocenters. The molecule has 2 aromatic heterocycles. The number of aliphatic hydroxyl groups excluding tert-OH is 1. The predicted octanol–water partition coefficient (Wildman–Crippen LogP) is 2.58. The summed E-state index contributed by atoms with van der Waals surface area (Å²) in [5, 5.41) is 11.1. The molecule has 3 heterocycles. The van der Waals surface area contributed by atoms with Gasteiger partial charge in [-0.1, -0.05) is 0 Å². The van der Waals surface area contributed by atoms with E-state index in [9.17, 15) is 14.7 Å². The molecule has 2 aromatic rings. The number of ether oxygens (including phenoxy) is 1. The average molecular weight is 362 g/mol. The van der Waals surface area contributed by atoms with Crippen LogP contribution in [-0.4, -0.2) is 46.9 Å². The summed E-state index contributed by atoms with van der Waals surface area (Å²) >= 11 is 1.24. The highest BCUT2D eigenvalue weighted by Gasteiger charge is 2.45. The van der Waals surface area contributed by atoms with E-state index < -0.39 is 23.5 Å². The summed E-state index contributed by atoms with van der Waals surface area (Å²) in [6, 6.07) is 2.56. The zero-order chi connectivity index (χ0) is 18.1. The van der Waals surface area contributed by atoms with Crippen molar-refractivity contribution >= 4 is 23.0 Å². The van der Waals surface area contributed by atoms with E-state index >= 15 is 0 Å². The van der Waals surface area contributed by atoms with Crippen LogP contribution in [0.15, 0.2) is 34.1 Å². The number of nitrogens with zero attached hydrogens (tertiary/aromatic N) is 2. The van der Waals surface area contributed by atoms with Crippen LogP contribution in [0.3, 0.4) is 0 Å². The SMILES string of the molecule is COCCN1C(=O)C(O)=C(C(=O)c2sc(C)nc2C)C1c1ccco1. The Kier molecular flexibility index (Phi) is 4.73. The molecule has 0 radical (unpaired) electrons. The van der Waals surface area contributed by atoms with Crippen molar-refractivity contribution < 1.29 is 23.8 Å². The van der Waals surface area contributed by atoms with E-state index in [-0.39, 0.29) is 18.7 Å². The van der Waals surface area contributed by atoms with E-state index in [1.165, 1.54) is 29.6 Å². The molecular weight excluding hydrogens is 344 g/mol. The van der Waals surface area contributed by atoms with Crippen molar-refractivity contribution in [3.8, 4) is 0 Å². The molecule has 0 aliphatic carbocycles. The standard InChI is InChI=1S/C17H18N2O5S/c1-9-16(25-10(2)18-9)14(20)12-13(11-5-4-7-24-11)19(6-8-23-3)17(22)15(12)21/h4-5,7,13,21H,6,8H2,1-3H3. The minimum Gasteiger partial charge on any atom is -0.503 e. The highest BCUT2D eigenvalue weighted by atomic mass is 32.1. The Balaban J connectivity index is 2.06. The van der Waals surface area contributed by atoms with E-state index in [0.29, 0.717) is 16.3 Å². The normalized spacial score (nSPS) is 17.6. The van der Waals surface area contributed by atoms with E-state index in [4.69, 9.17) is 9.15 Å². The number of carbonyl (C=O) groups excluding carboxylic acids is 2. The number of hydrogen-bond donors (Lipinski definition) is 1. The third kappa shape index (κ3) is 2.98. The molecule has 0 bridgehead atoms. The number of Topliss-reactive ketones (excluding diaryl/α,β-unsaturated/α-hetero) is 1. The lowest BCUT2D eigenvalue weighted by Crippen LogP contribution is -2.33.